The number of rotatable bonds is 15. The van der Waals surface area contributed by atoms with E-state index in [0.29, 0.717) is 0 Å². The Hall–Kier alpha value is 1.45. The number of hydrogen-bond acceptors (Lipinski definition) is 6. The van der Waals surface area contributed by atoms with Crippen molar-refractivity contribution < 1.29 is 24.7 Å². The van der Waals surface area contributed by atoms with Crippen LogP contribution in [0.2, 0.25) is 39.3 Å². The maximum absolute atomic E-state index is 6.14. The summed E-state index contributed by atoms with van der Waals surface area (Å²) in [4.78, 5) is 1.25. The van der Waals surface area contributed by atoms with E-state index >= 15 is 0 Å². The van der Waals surface area contributed by atoms with Gasteiger partial charge in [-0.25, -0.2) is 0 Å². The van der Waals surface area contributed by atoms with Crippen molar-refractivity contribution in [2.45, 2.75) is 39.3 Å². The molecule has 0 rings (SSSR count). The van der Waals surface area contributed by atoms with E-state index < -0.39 is 86.4 Å². The maximum atomic E-state index is 6.14. The van der Waals surface area contributed by atoms with Crippen molar-refractivity contribution in [3.05, 3.63) is 10.5 Å². The standard InChI is InChI=1S/C8H34O6Si9/c1-15-9-21(10-16-2)7-8(22(11-17-3)12-18-4)23(13-19-5)14-20-6/h7,21-23H,15-20H2,1-6H3. The molecule has 0 aliphatic rings. The lowest BCUT2D eigenvalue weighted by Gasteiger charge is -2.26. The van der Waals surface area contributed by atoms with Crippen molar-refractivity contribution in [3.63, 3.8) is 0 Å². The summed E-state index contributed by atoms with van der Waals surface area (Å²) in [7, 11) is -8.38. The molecule has 0 atom stereocenters. The fraction of sp³-hybridized carbons (Fsp3) is 0.750. The first kappa shape index (κ1) is 24.5. The highest BCUT2D eigenvalue weighted by molar-refractivity contribution is 6.85. The Morgan fingerprint density at radius 2 is 0.870 bits per heavy atom. The first-order valence-electron chi connectivity index (χ1n) is 8.59. The molecule has 15 heteroatoms. The second-order valence-corrected chi connectivity index (χ2v) is 20.3. The topological polar surface area (TPSA) is 55.4 Å². The summed E-state index contributed by atoms with van der Waals surface area (Å²) in [5.41, 5.74) is 2.25. The van der Waals surface area contributed by atoms with Crippen LogP contribution >= 0.6 is 0 Å². The summed E-state index contributed by atoms with van der Waals surface area (Å²) in [6.45, 7) is 13.0. The van der Waals surface area contributed by atoms with Gasteiger partial charge in [-0.2, -0.15) is 0 Å². The van der Waals surface area contributed by atoms with E-state index in [1.54, 1.807) is 0 Å². The van der Waals surface area contributed by atoms with E-state index in [1.807, 2.05) is 0 Å². The molecule has 0 saturated heterocycles. The third-order valence-corrected chi connectivity index (χ3v) is 22.8. The minimum Gasteiger partial charge on any atom is -0.442 e. The van der Waals surface area contributed by atoms with Crippen molar-refractivity contribution in [1.82, 2.24) is 0 Å². The molecule has 0 aliphatic heterocycles. The van der Waals surface area contributed by atoms with Crippen LogP contribution in [0.3, 0.4) is 0 Å². The van der Waals surface area contributed by atoms with Crippen molar-refractivity contribution >= 4 is 86.4 Å². The van der Waals surface area contributed by atoms with Crippen LogP contribution in [-0.4, -0.2) is 86.4 Å². The first-order chi connectivity index (χ1) is 11.2. The second kappa shape index (κ2) is 16.9. The SMILES string of the molecule is C[SiH2]O[SiH](C=C([SiH](O[SiH2]C)O[SiH2]C)[SiH](O[SiH2]C)O[SiH2]C)O[SiH2]C. The average molecular weight is 479 g/mol. The molecule has 23 heavy (non-hydrogen) atoms. The van der Waals surface area contributed by atoms with Crippen molar-refractivity contribution in [2.75, 3.05) is 0 Å². The molecule has 0 fully saturated rings. The van der Waals surface area contributed by atoms with Gasteiger partial charge in [0.1, 0.15) is 58.6 Å². The molecule has 138 valence electrons. The Morgan fingerprint density at radius 1 is 0.565 bits per heavy atom. The molecule has 0 heterocycles. The minimum absolute atomic E-state index is 0.475. The third-order valence-electron chi connectivity index (χ3n) is 2.81. The van der Waals surface area contributed by atoms with E-state index in [2.05, 4.69) is 45.0 Å². The highest BCUT2D eigenvalue weighted by atomic mass is 28.4. The summed E-state index contributed by atoms with van der Waals surface area (Å²) in [6.07, 6.45) is 0. The molecule has 0 saturated carbocycles. The van der Waals surface area contributed by atoms with Gasteiger partial charge in [0.25, 0.3) is 0 Å². The van der Waals surface area contributed by atoms with E-state index in [-0.39, 0.29) is 0 Å². The molecule has 0 radical (unpaired) electrons. The van der Waals surface area contributed by atoms with Gasteiger partial charge in [-0.15, -0.1) is 0 Å². The monoisotopic (exact) mass is 478 g/mol. The van der Waals surface area contributed by atoms with E-state index in [0.717, 1.165) is 0 Å². The lowest BCUT2D eigenvalue weighted by Crippen LogP contribution is -2.42. The lowest BCUT2D eigenvalue weighted by atomic mass is 11.2. The molecular formula is C8H34O6Si9. The van der Waals surface area contributed by atoms with Gasteiger partial charge < -0.3 is 24.7 Å². The van der Waals surface area contributed by atoms with Crippen molar-refractivity contribution in [3.8, 4) is 0 Å². The van der Waals surface area contributed by atoms with Crippen LogP contribution in [0.25, 0.3) is 0 Å². The summed E-state index contributed by atoms with van der Waals surface area (Å²) >= 11 is 0. The molecule has 0 aromatic carbocycles. The minimum atomic E-state index is -1.83. The zero-order valence-electron chi connectivity index (χ0n) is 15.5. The molecule has 0 bridgehead atoms. The van der Waals surface area contributed by atoms with Crippen molar-refractivity contribution in [1.29, 1.82) is 0 Å². The van der Waals surface area contributed by atoms with Crippen LogP contribution in [0, 0.1) is 0 Å². The predicted molar refractivity (Wildman–Crippen MR) is 122 cm³/mol. The van der Waals surface area contributed by atoms with Gasteiger partial charge >= 0.3 is 27.9 Å². The first-order valence-corrected chi connectivity index (χ1v) is 25.2. The van der Waals surface area contributed by atoms with E-state index in [1.165, 1.54) is 4.82 Å². The predicted octanol–water partition coefficient (Wildman–Crippen LogP) is -3.92. The molecule has 0 aromatic rings. The normalized spacial score (nSPS) is 18.3. The summed E-state index contributed by atoms with van der Waals surface area (Å²) in [5.74, 6) is 0. The Balaban J connectivity index is 5.50. The van der Waals surface area contributed by atoms with Gasteiger partial charge in [-0.3, -0.25) is 0 Å². The van der Waals surface area contributed by atoms with E-state index in [4.69, 9.17) is 24.7 Å². The van der Waals surface area contributed by atoms with Gasteiger partial charge in [0.2, 0.25) is 0 Å². The zero-order chi connectivity index (χ0) is 17.5. The molecule has 0 N–H and O–H groups in total. The Bertz CT molecular complexity index is 276. The fourth-order valence-electron chi connectivity index (χ4n) is 1.98. The van der Waals surface area contributed by atoms with Gasteiger partial charge in [0, 0.05) is 4.82 Å². The summed E-state index contributed by atoms with van der Waals surface area (Å²) in [5, 5.41) is 0. The van der Waals surface area contributed by atoms with Gasteiger partial charge in [0.05, 0.1) is 0 Å². The molecule has 6 nitrogen and oxygen atoms in total. The summed E-state index contributed by atoms with van der Waals surface area (Å²) < 4.78 is 36.6. The number of hydrogen-bond donors (Lipinski definition) is 0. The zero-order valence-corrected chi connectivity index (χ0v) is 27.5. The quantitative estimate of drug-likeness (QED) is 0.224. The molecule has 0 aromatic heterocycles. The summed E-state index contributed by atoms with van der Waals surface area (Å²) in [6, 6.07) is 0. The average Bonchev–Trinajstić information content (AvgIpc) is 2.53. The van der Waals surface area contributed by atoms with Crippen LogP contribution in [0.4, 0.5) is 0 Å². The smallest absolute Gasteiger partial charge is 0.330 e. The third kappa shape index (κ3) is 10.9. The maximum Gasteiger partial charge on any atom is 0.330 e. The Kier molecular flexibility index (Phi) is 18.0. The second-order valence-electron chi connectivity index (χ2n) is 4.43. The fourth-order valence-corrected chi connectivity index (χ4v) is 23.9. The van der Waals surface area contributed by atoms with Crippen LogP contribution in [-0.2, 0) is 24.7 Å². The molecule has 0 spiro atoms. The lowest BCUT2D eigenvalue weighted by molar-refractivity contribution is 0.445. The van der Waals surface area contributed by atoms with Crippen LogP contribution < -0.4 is 0 Å². The van der Waals surface area contributed by atoms with E-state index in [9.17, 15) is 0 Å². The Morgan fingerprint density at radius 3 is 1.13 bits per heavy atom. The highest BCUT2D eigenvalue weighted by Gasteiger charge is 2.30. The molecule has 0 unspecified atom stereocenters. The molecule has 0 aliphatic carbocycles. The van der Waals surface area contributed by atoms with Crippen LogP contribution in [0.15, 0.2) is 10.5 Å². The van der Waals surface area contributed by atoms with Crippen LogP contribution in [0.5, 0.6) is 0 Å². The van der Waals surface area contributed by atoms with Gasteiger partial charge in [0.15, 0.2) is 0 Å². The van der Waals surface area contributed by atoms with Gasteiger partial charge in [-0.1, -0.05) is 39.3 Å². The Labute approximate surface area is 160 Å². The van der Waals surface area contributed by atoms with Crippen LogP contribution in [0.1, 0.15) is 0 Å². The van der Waals surface area contributed by atoms with Gasteiger partial charge in [-0.05, 0) is 5.70 Å². The molecular weight excluding hydrogens is 445 g/mol. The van der Waals surface area contributed by atoms with Crippen molar-refractivity contribution in [2.24, 2.45) is 0 Å². The molecule has 0 amide bonds. The largest absolute Gasteiger partial charge is 0.442 e. The highest BCUT2D eigenvalue weighted by Crippen LogP contribution is 2.13.